The maximum absolute atomic E-state index is 13.3. The Labute approximate surface area is 94.6 Å². The molecule has 6 heteroatoms. The third kappa shape index (κ3) is 2.13. The highest BCUT2D eigenvalue weighted by Crippen LogP contribution is 2.25. The van der Waals surface area contributed by atoms with E-state index in [0.29, 0.717) is 13.0 Å². The smallest absolute Gasteiger partial charge is 0.200 e. The Hall–Kier alpha value is -1.17. The quantitative estimate of drug-likeness (QED) is 0.484. The average molecular weight is 251 g/mol. The molecule has 1 aromatic rings. The predicted molar refractivity (Wildman–Crippen MR) is 51.0 cm³/mol. The summed E-state index contributed by atoms with van der Waals surface area (Å²) in [5.74, 6) is -9.32. The first-order chi connectivity index (χ1) is 8.02. The van der Waals surface area contributed by atoms with E-state index in [0.717, 1.165) is 6.42 Å². The van der Waals surface area contributed by atoms with Crippen molar-refractivity contribution < 1.29 is 22.0 Å². The molecule has 1 aliphatic rings. The molecule has 0 aliphatic carbocycles. The number of benzene rings is 1. The molecule has 2 rings (SSSR count). The topological polar surface area (TPSA) is 12.0 Å². The molecule has 1 fully saturated rings. The van der Waals surface area contributed by atoms with Crippen molar-refractivity contribution in [3.05, 3.63) is 34.6 Å². The lowest BCUT2D eigenvalue weighted by molar-refractivity contribution is 0.366. The van der Waals surface area contributed by atoms with Gasteiger partial charge in [-0.05, 0) is 25.8 Å². The van der Waals surface area contributed by atoms with Crippen LogP contribution < -0.4 is 5.32 Å². The van der Waals surface area contributed by atoms with Crippen LogP contribution in [0.25, 0.3) is 0 Å². The number of halogens is 5. The second-order valence-electron chi connectivity index (χ2n) is 4.05. The lowest BCUT2D eigenvalue weighted by Crippen LogP contribution is -2.25. The van der Waals surface area contributed by atoms with Crippen molar-refractivity contribution in [2.45, 2.75) is 25.3 Å². The molecular formula is C11H10F5N. The van der Waals surface area contributed by atoms with Crippen LogP contribution in [-0.2, 0) is 6.42 Å². The fourth-order valence-electron chi connectivity index (χ4n) is 2.01. The van der Waals surface area contributed by atoms with Crippen LogP contribution in [0, 0.1) is 29.1 Å². The number of hydrogen-bond acceptors (Lipinski definition) is 1. The van der Waals surface area contributed by atoms with Crippen molar-refractivity contribution in [1.29, 1.82) is 0 Å². The molecule has 1 atom stereocenters. The van der Waals surface area contributed by atoms with E-state index >= 15 is 0 Å². The molecule has 0 spiro atoms. The zero-order chi connectivity index (χ0) is 12.6. The van der Waals surface area contributed by atoms with Gasteiger partial charge in [0.2, 0.25) is 5.82 Å². The predicted octanol–water partition coefficient (Wildman–Crippen LogP) is 2.68. The van der Waals surface area contributed by atoms with Gasteiger partial charge in [0.25, 0.3) is 0 Å². The van der Waals surface area contributed by atoms with Crippen molar-refractivity contribution in [1.82, 2.24) is 5.32 Å². The van der Waals surface area contributed by atoms with E-state index in [1.54, 1.807) is 0 Å². The van der Waals surface area contributed by atoms with E-state index in [4.69, 9.17) is 0 Å². The third-order valence-electron chi connectivity index (χ3n) is 2.91. The number of nitrogens with one attached hydrogen (secondary N) is 1. The molecule has 0 bridgehead atoms. The van der Waals surface area contributed by atoms with Crippen LogP contribution in [0.5, 0.6) is 0 Å². The van der Waals surface area contributed by atoms with E-state index in [2.05, 4.69) is 5.32 Å². The summed E-state index contributed by atoms with van der Waals surface area (Å²) >= 11 is 0. The maximum atomic E-state index is 13.3. The first-order valence-electron chi connectivity index (χ1n) is 5.26. The van der Waals surface area contributed by atoms with Gasteiger partial charge in [-0.3, -0.25) is 0 Å². The van der Waals surface area contributed by atoms with Gasteiger partial charge in [-0.2, -0.15) is 0 Å². The van der Waals surface area contributed by atoms with Gasteiger partial charge in [0.15, 0.2) is 23.3 Å². The van der Waals surface area contributed by atoms with Crippen molar-refractivity contribution in [3.63, 3.8) is 0 Å². The molecule has 0 amide bonds. The second kappa shape index (κ2) is 4.60. The molecule has 1 nitrogen and oxygen atoms in total. The first-order valence-corrected chi connectivity index (χ1v) is 5.26. The number of rotatable bonds is 2. The Balaban J connectivity index is 2.38. The van der Waals surface area contributed by atoms with Crippen molar-refractivity contribution in [2.75, 3.05) is 6.54 Å². The molecule has 1 saturated heterocycles. The van der Waals surface area contributed by atoms with E-state index < -0.39 is 34.6 Å². The summed E-state index contributed by atoms with van der Waals surface area (Å²) in [6.07, 6.45) is 1.31. The third-order valence-corrected chi connectivity index (χ3v) is 2.91. The van der Waals surface area contributed by atoms with Crippen molar-refractivity contribution in [2.24, 2.45) is 0 Å². The first kappa shape index (κ1) is 12.3. The molecule has 1 heterocycles. The zero-order valence-electron chi connectivity index (χ0n) is 8.80. The normalized spacial score (nSPS) is 19.9. The van der Waals surface area contributed by atoms with Gasteiger partial charge in [-0.15, -0.1) is 0 Å². The van der Waals surface area contributed by atoms with Crippen LogP contribution in [0.4, 0.5) is 22.0 Å². The lowest BCUT2D eigenvalue weighted by Gasteiger charge is -2.12. The van der Waals surface area contributed by atoms with Crippen LogP contribution in [0.2, 0.25) is 0 Å². The summed E-state index contributed by atoms with van der Waals surface area (Å²) in [6.45, 7) is 0.695. The molecule has 1 aliphatic heterocycles. The van der Waals surface area contributed by atoms with Crippen LogP contribution in [0.3, 0.4) is 0 Å². The molecule has 94 valence electrons. The minimum atomic E-state index is -2.11. The highest BCUT2D eigenvalue weighted by atomic mass is 19.2. The Morgan fingerprint density at radius 1 is 0.882 bits per heavy atom. The minimum Gasteiger partial charge on any atom is -0.314 e. The van der Waals surface area contributed by atoms with Gasteiger partial charge < -0.3 is 5.32 Å². The summed E-state index contributed by atoms with van der Waals surface area (Å²) in [6, 6.07) is -0.233. The molecule has 0 saturated carbocycles. The van der Waals surface area contributed by atoms with Gasteiger partial charge in [0.05, 0.1) is 0 Å². The number of hydrogen-bond donors (Lipinski definition) is 1. The molecule has 17 heavy (non-hydrogen) atoms. The average Bonchev–Trinajstić information content (AvgIpc) is 2.82. The van der Waals surface area contributed by atoms with E-state index in [1.807, 2.05) is 0 Å². The standard InChI is InChI=1S/C11H10F5N/c12-7-6(4-5-2-1-3-17-5)8(13)10(15)11(16)9(7)14/h5,17H,1-4H2. The van der Waals surface area contributed by atoms with Crippen LogP contribution in [0.15, 0.2) is 0 Å². The summed E-state index contributed by atoms with van der Waals surface area (Å²) in [5.41, 5.74) is -0.735. The van der Waals surface area contributed by atoms with Crippen molar-refractivity contribution in [3.8, 4) is 0 Å². The molecule has 1 aromatic carbocycles. The summed E-state index contributed by atoms with van der Waals surface area (Å²) in [5, 5.41) is 2.94. The van der Waals surface area contributed by atoms with Gasteiger partial charge in [0.1, 0.15) is 0 Å². The zero-order valence-corrected chi connectivity index (χ0v) is 8.80. The largest absolute Gasteiger partial charge is 0.314 e. The summed E-state index contributed by atoms with van der Waals surface area (Å²) in [7, 11) is 0. The minimum absolute atomic E-state index is 0.189. The van der Waals surface area contributed by atoms with Gasteiger partial charge >= 0.3 is 0 Å². The molecular weight excluding hydrogens is 241 g/mol. The highest BCUT2D eigenvalue weighted by molar-refractivity contribution is 5.25. The van der Waals surface area contributed by atoms with E-state index in [9.17, 15) is 22.0 Å². The molecule has 0 aromatic heterocycles. The van der Waals surface area contributed by atoms with Crippen LogP contribution >= 0.6 is 0 Å². The molecule has 1 N–H and O–H groups in total. The van der Waals surface area contributed by atoms with Crippen LogP contribution in [0.1, 0.15) is 18.4 Å². The Bertz CT molecular complexity index is 411. The fourth-order valence-corrected chi connectivity index (χ4v) is 2.01. The molecule has 1 unspecified atom stereocenters. The summed E-state index contributed by atoms with van der Waals surface area (Å²) in [4.78, 5) is 0. The Morgan fingerprint density at radius 2 is 1.41 bits per heavy atom. The highest BCUT2D eigenvalue weighted by Gasteiger charge is 2.27. The lowest BCUT2D eigenvalue weighted by atomic mass is 10.0. The maximum Gasteiger partial charge on any atom is 0.200 e. The van der Waals surface area contributed by atoms with Gasteiger partial charge in [-0.25, -0.2) is 22.0 Å². The monoisotopic (exact) mass is 251 g/mol. The molecule has 0 radical (unpaired) electrons. The van der Waals surface area contributed by atoms with Gasteiger partial charge in [0, 0.05) is 11.6 Å². The summed E-state index contributed by atoms with van der Waals surface area (Å²) < 4.78 is 65.2. The van der Waals surface area contributed by atoms with Gasteiger partial charge in [-0.1, -0.05) is 0 Å². The Kier molecular flexibility index (Phi) is 3.33. The SMILES string of the molecule is Fc1c(F)c(F)c(CC2CCCN2)c(F)c1F. The van der Waals surface area contributed by atoms with Crippen molar-refractivity contribution >= 4 is 0 Å². The second-order valence-corrected chi connectivity index (χ2v) is 4.05. The van der Waals surface area contributed by atoms with E-state index in [-0.39, 0.29) is 12.5 Å². The Morgan fingerprint density at radius 3 is 1.88 bits per heavy atom. The van der Waals surface area contributed by atoms with Crippen LogP contribution in [-0.4, -0.2) is 12.6 Å². The fraction of sp³-hybridized carbons (Fsp3) is 0.455. The van der Waals surface area contributed by atoms with E-state index in [1.165, 1.54) is 0 Å².